The lowest BCUT2D eigenvalue weighted by Gasteiger charge is -2.13. The van der Waals surface area contributed by atoms with Gasteiger partial charge in [-0.05, 0) is 42.3 Å². The van der Waals surface area contributed by atoms with Crippen LogP contribution in [0.5, 0.6) is 0 Å². The Morgan fingerprint density at radius 3 is 2.50 bits per heavy atom. The number of benzene rings is 1. The van der Waals surface area contributed by atoms with Crippen LogP contribution in [-0.4, -0.2) is 23.9 Å². The van der Waals surface area contributed by atoms with Crippen LogP contribution >= 0.6 is 0 Å². The summed E-state index contributed by atoms with van der Waals surface area (Å²) >= 11 is 0. The summed E-state index contributed by atoms with van der Waals surface area (Å²) in [5.41, 5.74) is 0.613. The summed E-state index contributed by atoms with van der Waals surface area (Å²) in [4.78, 5) is 35.2. The lowest BCUT2D eigenvalue weighted by Crippen LogP contribution is -2.28. The third-order valence-corrected chi connectivity index (χ3v) is 3.37. The minimum atomic E-state index is -0.772. The van der Waals surface area contributed by atoms with Gasteiger partial charge in [0.05, 0.1) is 7.11 Å². The molecule has 0 aliphatic rings. The van der Waals surface area contributed by atoms with Crippen LogP contribution in [0.15, 0.2) is 35.3 Å². The summed E-state index contributed by atoms with van der Waals surface area (Å²) in [6, 6.07) is 5.24. The fraction of sp³-hybridized carbons (Fsp3) is 0.188. The van der Waals surface area contributed by atoms with Crippen molar-refractivity contribution < 1.29 is 18.7 Å². The minimum absolute atomic E-state index is 0.0529. The van der Waals surface area contributed by atoms with Crippen LogP contribution in [0.4, 0.5) is 4.39 Å². The number of ether oxygens (including phenoxy) is 1. The Balaban J connectivity index is 2.76. The van der Waals surface area contributed by atoms with E-state index in [-0.39, 0.29) is 12.0 Å². The first-order valence-corrected chi connectivity index (χ1v) is 6.52. The molecule has 0 aliphatic carbocycles. The molecule has 0 aliphatic heterocycles. The zero-order valence-corrected chi connectivity index (χ0v) is 12.1. The van der Waals surface area contributed by atoms with Crippen LogP contribution in [-0.2, 0) is 16.0 Å². The molecule has 6 heteroatoms. The van der Waals surface area contributed by atoms with Crippen molar-refractivity contribution in [1.82, 2.24) is 4.57 Å². The molecule has 0 saturated heterocycles. The molecule has 1 aromatic carbocycles. The van der Waals surface area contributed by atoms with Crippen LogP contribution < -0.4 is 5.56 Å². The third kappa shape index (κ3) is 2.81. The number of carbonyl (C=O) groups excluding carboxylic acids is 2. The number of rotatable bonds is 4. The van der Waals surface area contributed by atoms with Crippen molar-refractivity contribution >= 4 is 12.3 Å². The quantitative estimate of drug-likeness (QED) is 0.638. The molecule has 114 valence electrons. The Morgan fingerprint density at radius 2 is 1.95 bits per heavy atom. The third-order valence-electron chi connectivity index (χ3n) is 3.37. The summed E-state index contributed by atoms with van der Waals surface area (Å²) in [7, 11) is 1.18. The van der Waals surface area contributed by atoms with Gasteiger partial charge in [-0.2, -0.15) is 0 Å². The van der Waals surface area contributed by atoms with Crippen LogP contribution in [0, 0.1) is 12.7 Å². The molecule has 5 nitrogen and oxygen atoms in total. The first-order chi connectivity index (χ1) is 10.5. The first-order valence-electron chi connectivity index (χ1n) is 6.52. The van der Waals surface area contributed by atoms with E-state index in [1.807, 2.05) is 0 Å². The number of nitrogens with zero attached hydrogens (tertiary/aromatic N) is 1. The lowest BCUT2D eigenvalue weighted by atomic mass is 10.0. The molecule has 1 heterocycles. The number of aldehydes is 1. The summed E-state index contributed by atoms with van der Waals surface area (Å²) in [5.74, 6) is -1.21. The normalized spacial score (nSPS) is 10.3. The van der Waals surface area contributed by atoms with Gasteiger partial charge in [0.25, 0.3) is 5.56 Å². The van der Waals surface area contributed by atoms with Gasteiger partial charge in [-0.25, -0.2) is 9.18 Å². The average molecular weight is 303 g/mol. The maximum absolute atomic E-state index is 13.0. The fourth-order valence-electron chi connectivity index (χ4n) is 2.18. The van der Waals surface area contributed by atoms with E-state index in [2.05, 4.69) is 4.74 Å². The molecular weight excluding hydrogens is 289 g/mol. The van der Waals surface area contributed by atoms with E-state index in [1.54, 1.807) is 6.92 Å². The Morgan fingerprint density at radius 1 is 1.32 bits per heavy atom. The van der Waals surface area contributed by atoms with Crippen molar-refractivity contribution in [2.45, 2.75) is 13.3 Å². The highest BCUT2D eigenvalue weighted by atomic mass is 19.1. The number of halogens is 1. The van der Waals surface area contributed by atoms with Crippen molar-refractivity contribution in [2.75, 3.05) is 7.11 Å². The van der Waals surface area contributed by atoms with Crippen molar-refractivity contribution in [3.63, 3.8) is 0 Å². The molecule has 0 fully saturated rings. The topological polar surface area (TPSA) is 65.4 Å². The van der Waals surface area contributed by atoms with Crippen molar-refractivity contribution in [3.8, 4) is 5.69 Å². The van der Waals surface area contributed by atoms with Crippen LogP contribution in [0.2, 0.25) is 0 Å². The molecule has 0 radical (unpaired) electrons. The molecule has 22 heavy (non-hydrogen) atoms. The number of esters is 1. The van der Waals surface area contributed by atoms with Gasteiger partial charge in [0.15, 0.2) is 0 Å². The standard InChI is InChI=1S/C16H14FNO4/c1-10-11(7-8-19)9-18(13-5-3-12(17)4-6-13)15(20)14(10)16(21)22-2/h3-6,8-9H,7H2,1-2H3. The SMILES string of the molecule is COC(=O)c1c(C)c(CC=O)cn(-c2ccc(F)cc2)c1=O. The van der Waals surface area contributed by atoms with E-state index < -0.39 is 17.3 Å². The molecular formula is C16H14FNO4. The Labute approximate surface area is 126 Å². The summed E-state index contributed by atoms with van der Waals surface area (Å²) in [6.45, 7) is 1.58. The second-order valence-electron chi connectivity index (χ2n) is 4.67. The van der Waals surface area contributed by atoms with Crippen LogP contribution in [0.3, 0.4) is 0 Å². The number of aromatic nitrogens is 1. The van der Waals surface area contributed by atoms with E-state index >= 15 is 0 Å². The monoisotopic (exact) mass is 303 g/mol. The zero-order chi connectivity index (χ0) is 16.3. The largest absolute Gasteiger partial charge is 0.465 e. The predicted molar refractivity (Wildman–Crippen MR) is 77.8 cm³/mol. The molecule has 0 bridgehead atoms. The van der Waals surface area contributed by atoms with Crippen molar-refractivity contribution in [1.29, 1.82) is 0 Å². The average Bonchev–Trinajstić information content (AvgIpc) is 2.51. The van der Waals surface area contributed by atoms with E-state index in [0.29, 0.717) is 23.1 Å². The van der Waals surface area contributed by atoms with Crippen molar-refractivity contribution in [3.05, 3.63) is 63.3 Å². The smallest absolute Gasteiger partial charge is 0.343 e. The molecule has 2 rings (SSSR count). The van der Waals surface area contributed by atoms with E-state index in [4.69, 9.17) is 0 Å². The molecule has 0 unspecified atom stereocenters. The van der Waals surface area contributed by atoms with E-state index in [1.165, 1.54) is 42.1 Å². The molecule has 0 atom stereocenters. The number of carbonyl (C=O) groups is 2. The van der Waals surface area contributed by atoms with Crippen LogP contribution in [0.25, 0.3) is 5.69 Å². The Kier molecular flexibility index (Phi) is 4.50. The molecule has 1 aromatic heterocycles. The fourth-order valence-corrected chi connectivity index (χ4v) is 2.18. The number of hydrogen-bond donors (Lipinski definition) is 0. The number of hydrogen-bond acceptors (Lipinski definition) is 4. The predicted octanol–water partition coefficient (Wildman–Crippen LogP) is 1.81. The summed E-state index contributed by atoms with van der Waals surface area (Å²) in [6.07, 6.45) is 2.21. The second-order valence-corrected chi connectivity index (χ2v) is 4.67. The highest BCUT2D eigenvalue weighted by Crippen LogP contribution is 2.15. The molecule has 0 amide bonds. The number of methoxy groups -OCH3 is 1. The summed E-state index contributed by atoms with van der Waals surface area (Å²) in [5, 5.41) is 0. The molecule has 2 aromatic rings. The van der Waals surface area contributed by atoms with Gasteiger partial charge < -0.3 is 9.53 Å². The Hall–Kier alpha value is -2.76. The van der Waals surface area contributed by atoms with Gasteiger partial charge >= 0.3 is 5.97 Å². The molecule has 0 N–H and O–H groups in total. The van der Waals surface area contributed by atoms with E-state index in [0.717, 1.165) is 0 Å². The van der Waals surface area contributed by atoms with Gasteiger partial charge in [-0.3, -0.25) is 9.36 Å². The van der Waals surface area contributed by atoms with Crippen molar-refractivity contribution in [2.24, 2.45) is 0 Å². The van der Waals surface area contributed by atoms with E-state index in [9.17, 15) is 18.8 Å². The van der Waals surface area contributed by atoms with Gasteiger partial charge in [0.2, 0.25) is 0 Å². The lowest BCUT2D eigenvalue weighted by molar-refractivity contribution is -0.107. The van der Waals surface area contributed by atoms with Gasteiger partial charge in [-0.15, -0.1) is 0 Å². The maximum Gasteiger partial charge on any atom is 0.343 e. The highest BCUT2D eigenvalue weighted by Gasteiger charge is 2.20. The minimum Gasteiger partial charge on any atom is -0.465 e. The maximum atomic E-state index is 13.0. The number of pyridine rings is 1. The second kappa shape index (κ2) is 6.34. The van der Waals surface area contributed by atoms with Gasteiger partial charge in [-0.1, -0.05) is 0 Å². The Bertz CT molecular complexity index is 778. The summed E-state index contributed by atoms with van der Waals surface area (Å²) < 4.78 is 18.9. The van der Waals surface area contributed by atoms with Gasteiger partial charge in [0.1, 0.15) is 17.7 Å². The van der Waals surface area contributed by atoms with Gasteiger partial charge in [0, 0.05) is 18.3 Å². The highest BCUT2D eigenvalue weighted by molar-refractivity contribution is 5.91. The first kappa shape index (κ1) is 15.6. The zero-order valence-electron chi connectivity index (χ0n) is 12.1. The molecule has 0 saturated carbocycles. The molecule has 0 spiro atoms. The van der Waals surface area contributed by atoms with Crippen LogP contribution in [0.1, 0.15) is 21.5 Å².